The van der Waals surface area contributed by atoms with E-state index in [0.29, 0.717) is 0 Å². The number of hydrogen-bond acceptors (Lipinski definition) is 1. The van der Waals surface area contributed by atoms with Gasteiger partial charge in [0, 0.05) is 11.9 Å². The number of aromatic nitrogens is 1. The van der Waals surface area contributed by atoms with E-state index in [0.717, 1.165) is 18.3 Å². The first-order chi connectivity index (χ1) is 12.0. The van der Waals surface area contributed by atoms with E-state index in [1.54, 1.807) is 0 Å². The molecule has 0 unspecified atom stereocenters. The molecule has 0 radical (unpaired) electrons. The fraction of sp³-hybridized carbons (Fsp3) is 0.375. The van der Waals surface area contributed by atoms with Crippen LogP contribution in [0.2, 0.25) is 0 Å². The third kappa shape index (κ3) is 7.09. The lowest BCUT2D eigenvalue weighted by Gasteiger charge is -2.06. The zero-order valence-electron chi connectivity index (χ0n) is 16.1. The monoisotopic (exact) mass is 333 g/mol. The average Bonchev–Trinajstić information content (AvgIpc) is 2.61. The van der Waals surface area contributed by atoms with Crippen LogP contribution in [0.1, 0.15) is 45.4 Å². The van der Waals surface area contributed by atoms with Crippen molar-refractivity contribution >= 4 is 10.8 Å². The largest absolute Gasteiger partial charge is 0.261 e. The first-order valence-corrected chi connectivity index (χ1v) is 9.42. The van der Waals surface area contributed by atoms with Gasteiger partial charge in [0.05, 0.1) is 0 Å². The van der Waals surface area contributed by atoms with Crippen LogP contribution in [-0.2, 0) is 12.8 Å². The Balaban J connectivity index is 0.000000186. The Morgan fingerprint density at radius 2 is 1.48 bits per heavy atom. The summed E-state index contributed by atoms with van der Waals surface area (Å²) in [7, 11) is 0. The van der Waals surface area contributed by atoms with Crippen LogP contribution in [-0.4, -0.2) is 4.98 Å². The summed E-state index contributed by atoms with van der Waals surface area (Å²) in [5.41, 5.74) is 2.65. The summed E-state index contributed by atoms with van der Waals surface area (Å²) < 4.78 is 0. The molecule has 0 atom stereocenters. The Kier molecular flexibility index (Phi) is 7.66. The summed E-state index contributed by atoms with van der Waals surface area (Å²) in [6.45, 7) is 9.00. The van der Waals surface area contributed by atoms with Gasteiger partial charge in [0.1, 0.15) is 0 Å². The number of fused-ring (bicyclic) bond motifs is 1. The van der Waals surface area contributed by atoms with Gasteiger partial charge in [-0.15, -0.1) is 0 Å². The molecule has 1 aromatic heterocycles. The SMILES string of the molecule is CC(C)CCc1ccccn1.CC(C)Cc1ccc2ccccc2c1. The fourth-order valence-electron chi connectivity index (χ4n) is 2.82. The van der Waals surface area contributed by atoms with E-state index in [-0.39, 0.29) is 0 Å². The van der Waals surface area contributed by atoms with Crippen molar-refractivity contribution in [3.8, 4) is 0 Å². The highest BCUT2D eigenvalue weighted by molar-refractivity contribution is 5.82. The van der Waals surface area contributed by atoms with Gasteiger partial charge in [0.2, 0.25) is 0 Å². The molecule has 0 aliphatic heterocycles. The maximum absolute atomic E-state index is 4.25. The number of hydrogen-bond donors (Lipinski definition) is 0. The second-order valence-corrected chi connectivity index (χ2v) is 7.53. The van der Waals surface area contributed by atoms with Gasteiger partial charge in [0.15, 0.2) is 0 Å². The number of aryl methyl sites for hydroxylation is 1. The lowest BCUT2D eigenvalue weighted by atomic mass is 10.00. The molecule has 3 rings (SSSR count). The molecule has 0 bridgehead atoms. The number of pyridine rings is 1. The molecule has 0 aliphatic rings. The third-order valence-corrected chi connectivity index (χ3v) is 4.16. The van der Waals surface area contributed by atoms with Gasteiger partial charge in [-0.3, -0.25) is 4.98 Å². The van der Waals surface area contributed by atoms with E-state index in [1.165, 1.54) is 34.9 Å². The van der Waals surface area contributed by atoms with E-state index in [9.17, 15) is 0 Å². The second kappa shape index (κ2) is 9.98. The van der Waals surface area contributed by atoms with Crippen molar-refractivity contribution in [1.82, 2.24) is 4.98 Å². The van der Waals surface area contributed by atoms with Crippen molar-refractivity contribution in [3.63, 3.8) is 0 Å². The second-order valence-electron chi connectivity index (χ2n) is 7.53. The summed E-state index contributed by atoms with van der Waals surface area (Å²) in [4.78, 5) is 4.25. The van der Waals surface area contributed by atoms with Gasteiger partial charge in [-0.25, -0.2) is 0 Å². The van der Waals surface area contributed by atoms with Crippen molar-refractivity contribution < 1.29 is 0 Å². The highest BCUT2D eigenvalue weighted by Crippen LogP contribution is 2.17. The quantitative estimate of drug-likeness (QED) is 0.505. The minimum Gasteiger partial charge on any atom is -0.261 e. The first-order valence-electron chi connectivity index (χ1n) is 9.42. The molecule has 0 saturated carbocycles. The summed E-state index contributed by atoms with van der Waals surface area (Å²) in [6, 6.07) is 21.4. The van der Waals surface area contributed by atoms with E-state index < -0.39 is 0 Å². The zero-order valence-corrected chi connectivity index (χ0v) is 16.1. The standard InChI is InChI=1S/C14H16.C10H15N/c1-11(2)9-12-7-8-13-5-3-4-6-14(13)10-12;1-9(2)6-7-10-5-3-4-8-11-10/h3-8,10-11H,9H2,1-2H3;3-5,8-9H,6-7H2,1-2H3. The maximum atomic E-state index is 4.25. The molecular formula is C24H31N. The number of nitrogens with zero attached hydrogens (tertiary/aromatic N) is 1. The molecule has 0 aliphatic carbocycles. The Labute approximate surface area is 153 Å². The normalized spacial score (nSPS) is 10.8. The van der Waals surface area contributed by atoms with Gasteiger partial charge in [-0.05, 0) is 59.6 Å². The fourth-order valence-corrected chi connectivity index (χ4v) is 2.82. The van der Waals surface area contributed by atoms with Crippen LogP contribution in [0.5, 0.6) is 0 Å². The van der Waals surface area contributed by atoms with Gasteiger partial charge in [0.25, 0.3) is 0 Å². The average molecular weight is 334 g/mol. The predicted molar refractivity (Wildman–Crippen MR) is 110 cm³/mol. The minimum absolute atomic E-state index is 0.733. The molecule has 0 spiro atoms. The lowest BCUT2D eigenvalue weighted by Crippen LogP contribution is -1.93. The predicted octanol–water partition coefficient (Wildman–Crippen LogP) is 6.71. The Bertz CT molecular complexity index is 744. The van der Waals surface area contributed by atoms with Crippen LogP contribution in [0.25, 0.3) is 10.8 Å². The molecule has 1 heterocycles. The summed E-state index contributed by atoms with van der Waals surface area (Å²) in [5, 5.41) is 2.69. The van der Waals surface area contributed by atoms with Gasteiger partial charge < -0.3 is 0 Å². The number of benzene rings is 2. The highest BCUT2D eigenvalue weighted by Gasteiger charge is 1.99. The molecule has 2 aromatic carbocycles. The van der Waals surface area contributed by atoms with Crippen molar-refractivity contribution in [3.05, 3.63) is 78.1 Å². The van der Waals surface area contributed by atoms with E-state index in [4.69, 9.17) is 0 Å². The molecule has 0 N–H and O–H groups in total. The summed E-state index contributed by atoms with van der Waals surface area (Å²) in [6.07, 6.45) is 5.37. The molecule has 25 heavy (non-hydrogen) atoms. The van der Waals surface area contributed by atoms with Crippen molar-refractivity contribution in [2.75, 3.05) is 0 Å². The van der Waals surface area contributed by atoms with Crippen LogP contribution in [0.4, 0.5) is 0 Å². The Morgan fingerprint density at radius 3 is 2.12 bits per heavy atom. The number of rotatable bonds is 5. The van der Waals surface area contributed by atoms with Gasteiger partial charge in [-0.2, -0.15) is 0 Å². The van der Waals surface area contributed by atoms with E-state index in [1.807, 2.05) is 18.3 Å². The molecule has 0 fully saturated rings. The van der Waals surface area contributed by atoms with Crippen molar-refractivity contribution in [1.29, 1.82) is 0 Å². The van der Waals surface area contributed by atoms with Gasteiger partial charge in [-0.1, -0.05) is 76.2 Å². The van der Waals surface area contributed by atoms with Crippen LogP contribution in [0.15, 0.2) is 66.9 Å². The van der Waals surface area contributed by atoms with Crippen LogP contribution < -0.4 is 0 Å². The summed E-state index contributed by atoms with van der Waals surface area (Å²) in [5.74, 6) is 1.51. The molecule has 0 saturated heterocycles. The Morgan fingerprint density at radius 1 is 0.760 bits per heavy atom. The maximum Gasteiger partial charge on any atom is 0.0403 e. The van der Waals surface area contributed by atoms with Crippen LogP contribution in [0, 0.1) is 11.8 Å². The van der Waals surface area contributed by atoms with Crippen LogP contribution >= 0.6 is 0 Å². The van der Waals surface area contributed by atoms with Crippen molar-refractivity contribution in [2.24, 2.45) is 11.8 Å². The molecular weight excluding hydrogens is 302 g/mol. The third-order valence-electron chi connectivity index (χ3n) is 4.16. The van der Waals surface area contributed by atoms with Crippen molar-refractivity contribution in [2.45, 2.75) is 47.0 Å². The van der Waals surface area contributed by atoms with Crippen LogP contribution in [0.3, 0.4) is 0 Å². The molecule has 0 amide bonds. The summed E-state index contributed by atoms with van der Waals surface area (Å²) >= 11 is 0. The highest BCUT2D eigenvalue weighted by atomic mass is 14.7. The first kappa shape index (κ1) is 19.2. The van der Waals surface area contributed by atoms with E-state index >= 15 is 0 Å². The smallest absolute Gasteiger partial charge is 0.0403 e. The molecule has 1 heteroatoms. The molecule has 3 aromatic rings. The molecule has 132 valence electrons. The van der Waals surface area contributed by atoms with E-state index in [2.05, 4.69) is 81.2 Å². The topological polar surface area (TPSA) is 12.9 Å². The molecule has 1 nitrogen and oxygen atoms in total. The minimum atomic E-state index is 0.733. The lowest BCUT2D eigenvalue weighted by molar-refractivity contribution is 0.581. The van der Waals surface area contributed by atoms with Gasteiger partial charge >= 0.3 is 0 Å². The Hall–Kier alpha value is -2.15. The zero-order chi connectivity index (χ0) is 18.1.